The second-order valence-electron chi connectivity index (χ2n) is 10.4. The minimum absolute atomic E-state index is 0.0425. The first kappa shape index (κ1) is 32.4. The lowest BCUT2D eigenvalue weighted by Crippen LogP contribution is -2.64. The summed E-state index contributed by atoms with van der Waals surface area (Å²) in [7, 11) is 2.68. The van der Waals surface area contributed by atoms with Crippen LogP contribution in [0.15, 0.2) is 36.4 Å². The highest BCUT2D eigenvalue weighted by Crippen LogP contribution is 2.34. The van der Waals surface area contributed by atoms with Crippen LogP contribution < -0.4 is 20.1 Å². The third-order valence-electron chi connectivity index (χ3n) is 6.13. The number of ether oxygens (including phenoxy) is 5. The van der Waals surface area contributed by atoms with Crippen LogP contribution in [0.4, 0.5) is 4.79 Å². The van der Waals surface area contributed by atoms with Crippen LogP contribution in [-0.2, 0) is 27.4 Å². The van der Waals surface area contributed by atoms with Gasteiger partial charge in [-0.1, -0.05) is 35.9 Å². The van der Waals surface area contributed by atoms with Gasteiger partial charge in [0.1, 0.15) is 48.1 Å². The Morgan fingerprint density at radius 3 is 2.39 bits per heavy atom. The van der Waals surface area contributed by atoms with Crippen molar-refractivity contribution in [1.29, 1.82) is 0 Å². The number of carbonyl (C=O) groups is 2. The van der Waals surface area contributed by atoms with Crippen LogP contribution in [0.5, 0.6) is 11.5 Å². The molecule has 13 heteroatoms. The number of hydrogen-bond acceptors (Lipinski definition) is 10. The van der Waals surface area contributed by atoms with Crippen LogP contribution in [0, 0.1) is 0 Å². The smallest absolute Gasteiger partial charge is 0.407 e. The largest absolute Gasteiger partial charge is 0.496 e. The summed E-state index contributed by atoms with van der Waals surface area (Å²) in [6, 6.07) is 9.07. The van der Waals surface area contributed by atoms with Crippen molar-refractivity contribution >= 4 is 23.6 Å². The molecule has 226 valence electrons. The maximum absolute atomic E-state index is 13.1. The monoisotopic (exact) mass is 596 g/mol. The van der Waals surface area contributed by atoms with Crippen LogP contribution in [0.3, 0.4) is 0 Å². The van der Waals surface area contributed by atoms with E-state index in [9.17, 15) is 24.9 Å². The Bertz CT molecular complexity index is 1200. The third-order valence-corrected chi connectivity index (χ3v) is 6.43. The summed E-state index contributed by atoms with van der Waals surface area (Å²) >= 11 is 6.44. The lowest BCUT2D eigenvalue weighted by Gasteiger charge is -2.41. The van der Waals surface area contributed by atoms with Crippen molar-refractivity contribution < 1.29 is 48.6 Å². The second-order valence-corrected chi connectivity index (χ2v) is 10.8. The molecular weight excluding hydrogens is 560 g/mol. The highest BCUT2D eigenvalue weighted by molar-refractivity contribution is 6.32. The van der Waals surface area contributed by atoms with Gasteiger partial charge in [0.15, 0.2) is 6.29 Å². The van der Waals surface area contributed by atoms with Crippen molar-refractivity contribution in [2.24, 2.45) is 0 Å². The fraction of sp³-hybridized carbons (Fsp3) is 0.500. The summed E-state index contributed by atoms with van der Waals surface area (Å²) in [6.45, 7) is 5.22. The van der Waals surface area contributed by atoms with E-state index >= 15 is 0 Å². The molecular formula is C28H37ClN2O10. The zero-order chi connectivity index (χ0) is 30.3. The maximum Gasteiger partial charge on any atom is 0.407 e. The van der Waals surface area contributed by atoms with Gasteiger partial charge in [0, 0.05) is 19.7 Å². The molecule has 41 heavy (non-hydrogen) atoms. The van der Waals surface area contributed by atoms with E-state index in [1.807, 2.05) is 24.3 Å². The van der Waals surface area contributed by atoms with E-state index in [1.54, 1.807) is 20.8 Å². The lowest BCUT2D eigenvalue weighted by atomic mass is 9.96. The number of benzene rings is 2. The minimum Gasteiger partial charge on any atom is -0.496 e. The molecule has 2 aromatic carbocycles. The fourth-order valence-electron chi connectivity index (χ4n) is 4.14. The van der Waals surface area contributed by atoms with Crippen LogP contribution in [-0.4, -0.2) is 84.4 Å². The lowest BCUT2D eigenvalue weighted by molar-refractivity contribution is -0.261. The standard InChI is InChI=1S/C28H37ClN2O10/c1-28(2,3)41-27(36)30-12-15-7-6-8-16(9-15)14-39-20-11-19(37-4)17(10-18(20)29)25(35)31-22-24(34)23(33)21(13-32)40-26(22)38-5/h6-11,21-24,26,32-34H,12-14H2,1-5H3,(H,30,36)(H,31,35)/t21-,22-,23-,24-,26-/m1/s1. The number of halogens is 1. The van der Waals surface area contributed by atoms with Crippen molar-refractivity contribution in [3.63, 3.8) is 0 Å². The topological polar surface area (TPSA) is 165 Å². The minimum atomic E-state index is -1.48. The average molecular weight is 597 g/mol. The number of rotatable bonds is 10. The van der Waals surface area contributed by atoms with Gasteiger partial charge in [0.2, 0.25) is 0 Å². The highest BCUT2D eigenvalue weighted by Gasteiger charge is 2.45. The van der Waals surface area contributed by atoms with Crippen LogP contribution in [0.1, 0.15) is 42.3 Å². The Balaban J connectivity index is 1.68. The van der Waals surface area contributed by atoms with E-state index in [2.05, 4.69) is 10.6 Å². The molecule has 1 saturated heterocycles. The van der Waals surface area contributed by atoms with Crippen molar-refractivity contribution in [2.45, 2.75) is 70.2 Å². The zero-order valence-electron chi connectivity index (χ0n) is 23.5. The molecule has 2 aromatic rings. The van der Waals surface area contributed by atoms with Gasteiger partial charge < -0.3 is 49.6 Å². The Labute approximate surface area is 243 Å². The Kier molecular flexibility index (Phi) is 11.2. The predicted molar refractivity (Wildman–Crippen MR) is 148 cm³/mol. The van der Waals surface area contributed by atoms with E-state index in [1.165, 1.54) is 26.4 Å². The molecule has 12 nitrogen and oxygen atoms in total. The van der Waals surface area contributed by atoms with Gasteiger partial charge in [0.05, 0.1) is 24.3 Å². The van der Waals surface area contributed by atoms with E-state index in [4.69, 9.17) is 35.3 Å². The molecule has 1 fully saturated rings. The fourth-order valence-corrected chi connectivity index (χ4v) is 4.36. The number of amides is 2. The quantitative estimate of drug-likeness (QED) is 0.274. The third kappa shape index (κ3) is 8.68. The Hall–Kier alpha value is -3.13. The van der Waals surface area contributed by atoms with Crippen molar-refractivity contribution in [2.75, 3.05) is 20.8 Å². The summed E-state index contributed by atoms with van der Waals surface area (Å²) in [4.78, 5) is 25.1. The van der Waals surface area contributed by atoms with Gasteiger partial charge in [-0.2, -0.15) is 0 Å². The molecule has 0 aromatic heterocycles. The highest BCUT2D eigenvalue weighted by atomic mass is 35.5. The molecule has 2 amide bonds. The van der Waals surface area contributed by atoms with E-state index < -0.39 is 54.9 Å². The van der Waals surface area contributed by atoms with Gasteiger partial charge in [-0.3, -0.25) is 4.79 Å². The summed E-state index contributed by atoms with van der Waals surface area (Å²) in [6.07, 6.45) is -5.66. The second kappa shape index (κ2) is 14.2. The van der Waals surface area contributed by atoms with E-state index in [0.717, 1.165) is 11.1 Å². The zero-order valence-corrected chi connectivity index (χ0v) is 24.3. The van der Waals surface area contributed by atoms with Gasteiger partial charge in [0.25, 0.3) is 5.91 Å². The first-order valence-electron chi connectivity index (χ1n) is 12.9. The molecule has 0 spiro atoms. The van der Waals surface area contributed by atoms with Crippen molar-refractivity contribution in [3.05, 3.63) is 58.1 Å². The summed E-state index contributed by atoms with van der Waals surface area (Å²) in [5, 5.41) is 35.5. The van der Waals surface area contributed by atoms with Crippen LogP contribution >= 0.6 is 11.6 Å². The average Bonchev–Trinajstić information content (AvgIpc) is 2.93. The molecule has 3 rings (SSSR count). The number of nitrogens with one attached hydrogen (secondary N) is 2. The molecule has 0 saturated carbocycles. The summed E-state index contributed by atoms with van der Waals surface area (Å²) < 4.78 is 27.2. The first-order chi connectivity index (χ1) is 19.4. The van der Waals surface area contributed by atoms with Crippen molar-refractivity contribution in [1.82, 2.24) is 10.6 Å². The summed E-state index contributed by atoms with van der Waals surface area (Å²) in [5.74, 6) is -0.273. The number of methoxy groups -OCH3 is 2. The van der Waals surface area contributed by atoms with Gasteiger partial charge in [-0.05, 0) is 38.0 Å². The summed E-state index contributed by atoms with van der Waals surface area (Å²) in [5.41, 5.74) is 1.09. The first-order valence-corrected chi connectivity index (χ1v) is 13.3. The van der Waals surface area contributed by atoms with Gasteiger partial charge in [-0.25, -0.2) is 4.79 Å². The van der Waals surface area contributed by atoms with Gasteiger partial charge >= 0.3 is 6.09 Å². The van der Waals surface area contributed by atoms with Gasteiger partial charge in [-0.15, -0.1) is 0 Å². The molecule has 0 bridgehead atoms. The Morgan fingerprint density at radius 2 is 1.76 bits per heavy atom. The number of aliphatic hydroxyl groups excluding tert-OH is 3. The molecule has 0 unspecified atom stereocenters. The number of alkyl carbamates (subject to hydrolysis) is 1. The van der Waals surface area contributed by atoms with E-state index in [-0.39, 0.29) is 35.2 Å². The van der Waals surface area contributed by atoms with Crippen molar-refractivity contribution in [3.8, 4) is 11.5 Å². The van der Waals surface area contributed by atoms with E-state index in [0.29, 0.717) is 0 Å². The van der Waals surface area contributed by atoms with Crippen LogP contribution in [0.2, 0.25) is 5.02 Å². The predicted octanol–water partition coefficient (Wildman–Crippen LogP) is 2.14. The number of aliphatic hydroxyl groups is 3. The molecule has 1 aliphatic rings. The SMILES string of the molecule is COc1cc(OCc2cccc(CNC(=O)OC(C)(C)C)c2)c(Cl)cc1C(=O)N[C@H]1[C@H](OC)O[C@H](CO)[C@@H](O)[C@@H]1O. The normalized spacial score (nSPS) is 22.5. The molecule has 5 N–H and O–H groups in total. The maximum atomic E-state index is 13.1. The number of carbonyl (C=O) groups excluding carboxylic acids is 2. The Morgan fingerprint density at radius 1 is 1.05 bits per heavy atom. The molecule has 5 atom stereocenters. The molecule has 1 aliphatic heterocycles. The molecule has 0 radical (unpaired) electrons. The molecule has 0 aliphatic carbocycles. The molecule has 1 heterocycles. The van der Waals surface area contributed by atoms with Crippen LogP contribution in [0.25, 0.3) is 0 Å². The number of hydrogen-bond donors (Lipinski definition) is 5.